The summed E-state index contributed by atoms with van der Waals surface area (Å²) < 4.78 is 0. The van der Waals surface area contributed by atoms with Gasteiger partial charge < -0.3 is 16.2 Å². The van der Waals surface area contributed by atoms with Crippen molar-refractivity contribution in [1.82, 2.24) is 4.98 Å². The second kappa shape index (κ2) is 4.57. The number of pyridine rings is 1. The maximum absolute atomic E-state index is 10.8. The van der Waals surface area contributed by atoms with Crippen LogP contribution in [0.2, 0.25) is 0 Å². The Morgan fingerprint density at radius 1 is 1.71 bits per heavy atom. The molecule has 0 aromatic carbocycles. The molecule has 0 spiro atoms. The molecule has 14 heavy (non-hydrogen) atoms. The number of rotatable bonds is 4. The van der Waals surface area contributed by atoms with E-state index < -0.39 is 5.91 Å². The number of amides is 1. The summed E-state index contributed by atoms with van der Waals surface area (Å²) in [5.74, 6) is -0.558. The van der Waals surface area contributed by atoms with Gasteiger partial charge in [0.2, 0.25) is 0 Å². The van der Waals surface area contributed by atoms with Crippen LogP contribution in [0.4, 0.5) is 5.69 Å². The molecule has 0 bridgehead atoms. The third-order valence-electron chi connectivity index (χ3n) is 1.78. The maximum atomic E-state index is 10.8. The number of aryl methyl sites for hydroxylation is 1. The highest BCUT2D eigenvalue weighted by Gasteiger charge is 2.05. The second-order valence-corrected chi connectivity index (χ2v) is 2.90. The monoisotopic (exact) mass is 195 g/mol. The van der Waals surface area contributed by atoms with Crippen molar-refractivity contribution in [2.24, 2.45) is 5.73 Å². The topological polar surface area (TPSA) is 88.2 Å². The van der Waals surface area contributed by atoms with E-state index in [9.17, 15) is 4.79 Å². The van der Waals surface area contributed by atoms with Gasteiger partial charge in [0.15, 0.2) is 0 Å². The van der Waals surface area contributed by atoms with E-state index >= 15 is 0 Å². The Morgan fingerprint density at radius 3 is 3.00 bits per heavy atom. The number of nitrogens with zero attached hydrogens (tertiary/aromatic N) is 1. The third kappa shape index (κ3) is 2.43. The van der Waals surface area contributed by atoms with Crippen molar-refractivity contribution in [1.29, 1.82) is 0 Å². The van der Waals surface area contributed by atoms with Crippen LogP contribution in [-0.2, 0) is 0 Å². The summed E-state index contributed by atoms with van der Waals surface area (Å²) in [5.41, 5.74) is 6.97. The quantitative estimate of drug-likeness (QED) is 0.625. The second-order valence-electron chi connectivity index (χ2n) is 2.90. The largest absolute Gasteiger partial charge is 0.395 e. The molecular weight excluding hydrogens is 182 g/mol. The van der Waals surface area contributed by atoms with E-state index in [2.05, 4.69) is 10.3 Å². The van der Waals surface area contributed by atoms with Crippen molar-refractivity contribution in [3.63, 3.8) is 0 Å². The molecule has 0 saturated heterocycles. The van der Waals surface area contributed by atoms with Gasteiger partial charge in [0.1, 0.15) is 5.69 Å². The Bertz CT molecular complexity index is 339. The van der Waals surface area contributed by atoms with Crippen LogP contribution in [0.15, 0.2) is 12.3 Å². The highest BCUT2D eigenvalue weighted by molar-refractivity contribution is 5.91. The first kappa shape index (κ1) is 10.5. The summed E-state index contributed by atoms with van der Waals surface area (Å²) in [6, 6.07) is 1.58. The molecule has 1 aromatic heterocycles. The number of nitrogens with one attached hydrogen (secondary N) is 1. The Morgan fingerprint density at radius 2 is 2.43 bits per heavy atom. The van der Waals surface area contributed by atoms with Crippen LogP contribution in [0.1, 0.15) is 16.1 Å². The van der Waals surface area contributed by atoms with E-state index in [0.29, 0.717) is 6.54 Å². The summed E-state index contributed by atoms with van der Waals surface area (Å²) in [7, 11) is 0. The number of primary amides is 1. The minimum Gasteiger partial charge on any atom is -0.395 e. The Balaban J connectivity index is 2.90. The molecule has 1 rings (SSSR count). The first-order valence-electron chi connectivity index (χ1n) is 4.26. The van der Waals surface area contributed by atoms with Crippen LogP contribution < -0.4 is 11.1 Å². The number of anilines is 1. The predicted octanol–water partition coefficient (Wildman–Crippen LogP) is -0.107. The van der Waals surface area contributed by atoms with Crippen LogP contribution in [-0.4, -0.2) is 29.1 Å². The average molecular weight is 195 g/mol. The first-order chi connectivity index (χ1) is 6.65. The Hall–Kier alpha value is -1.62. The van der Waals surface area contributed by atoms with E-state index in [1.54, 1.807) is 12.3 Å². The lowest BCUT2D eigenvalue weighted by Crippen LogP contribution is -2.14. The summed E-state index contributed by atoms with van der Waals surface area (Å²) >= 11 is 0. The molecule has 5 heteroatoms. The molecule has 0 saturated carbocycles. The van der Waals surface area contributed by atoms with Gasteiger partial charge in [-0.2, -0.15) is 0 Å². The zero-order chi connectivity index (χ0) is 10.6. The minimum atomic E-state index is -0.558. The molecule has 4 N–H and O–H groups in total. The van der Waals surface area contributed by atoms with Crippen LogP contribution in [0.3, 0.4) is 0 Å². The van der Waals surface area contributed by atoms with Crippen molar-refractivity contribution in [2.75, 3.05) is 18.5 Å². The van der Waals surface area contributed by atoms with Gasteiger partial charge in [-0.3, -0.25) is 9.78 Å². The smallest absolute Gasteiger partial charge is 0.267 e. The number of aromatic nitrogens is 1. The summed E-state index contributed by atoms with van der Waals surface area (Å²) in [6.45, 7) is 2.33. The van der Waals surface area contributed by atoms with Crippen molar-refractivity contribution < 1.29 is 9.90 Å². The highest BCUT2D eigenvalue weighted by atomic mass is 16.3. The van der Waals surface area contributed by atoms with Crippen molar-refractivity contribution >= 4 is 11.6 Å². The summed E-state index contributed by atoms with van der Waals surface area (Å²) in [6.07, 6.45) is 1.57. The Kier molecular flexibility index (Phi) is 3.41. The number of carbonyl (C=O) groups excluding carboxylic acids is 1. The van der Waals surface area contributed by atoms with E-state index in [4.69, 9.17) is 10.8 Å². The third-order valence-corrected chi connectivity index (χ3v) is 1.78. The van der Waals surface area contributed by atoms with Crippen molar-refractivity contribution in [3.8, 4) is 0 Å². The zero-order valence-electron chi connectivity index (χ0n) is 7.95. The van der Waals surface area contributed by atoms with Gasteiger partial charge in [0.05, 0.1) is 6.61 Å². The maximum Gasteiger partial charge on any atom is 0.267 e. The molecule has 1 aromatic rings. The van der Waals surface area contributed by atoms with Gasteiger partial charge in [-0.15, -0.1) is 0 Å². The molecule has 0 aliphatic carbocycles. The highest BCUT2D eigenvalue weighted by Crippen LogP contribution is 2.13. The minimum absolute atomic E-state index is 0.0354. The van der Waals surface area contributed by atoms with Crippen LogP contribution >= 0.6 is 0 Å². The molecule has 0 radical (unpaired) electrons. The average Bonchev–Trinajstić information content (AvgIpc) is 2.16. The van der Waals surface area contributed by atoms with Crippen LogP contribution in [0.25, 0.3) is 0 Å². The summed E-state index contributed by atoms with van der Waals surface area (Å²) in [4.78, 5) is 14.7. The van der Waals surface area contributed by atoms with E-state index in [1.807, 2.05) is 6.92 Å². The molecule has 1 heterocycles. The number of aliphatic hydroxyl groups excluding tert-OH is 1. The molecule has 76 valence electrons. The van der Waals surface area contributed by atoms with Crippen molar-refractivity contribution in [2.45, 2.75) is 6.92 Å². The van der Waals surface area contributed by atoms with Gasteiger partial charge in [-0.1, -0.05) is 0 Å². The van der Waals surface area contributed by atoms with Gasteiger partial charge >= 0.3 is 0 Å². The lowest BCUT2D eigenvalue weighted by atomic mass is 10.2. The molecule has 0 atom stereocenters. The fraction of sp³-hybridized carbons (Fsp3) is 0.333. The van der Waals surface area contributed by atoms with E-state index in [1.165, 1.54) is 0 Å². The predicted molar refractivity (Wildman–Crippen MR) is 53.1 cm³/mol. The van der Waals surface area contributed by atoms with Gasteiger partial charge in [-0.25, -0.2) is 0 Å². The number of nitrogens with two attached hydrogens (primary N) is 1. The molecule has 1 amide bonds. The molecule has 5 nitrogen and oxygen atoms in total. The van der Waals surface area contributed by atoms with E-state index in [0.717, 1.165) is 11.3 Å². The number of aliphatic hydroxyl groups is 1. The normalized spacial score (nSPS) is 9.86. The van der Waals surface area contributed by atoms with Gasteiger partial charge in [0.25, 0.3) is 5.91 Å². The number of hydrogen-bond donors (Lipinski definition) is 3. The summed E-state index contributed by atoms with van der Waals surface area (Å²) in [5, 5.41) is 11.6. The molecular formula is C9H13N3O2. The number of carbonyl (C=O) groups is 1. The van der Waals surface area contributed by atoms with Crippen LogP contribution in [0, 0.1) is 6.92 Å². The van der Waals surface area contributed by atoms with Gasteiger partial charge in [-0.05, 0) is 18.6 Å². The van der Waals surface area contributed by atoms with Crippen molar-refractivity contribution in [3.05, 3.63) is 23.5 Å². The molecule has 0 unspecified atom stereocenters. The lowest BCUT2D eigenvalue weighted by Gasteiger charge is -2.08. The molecule has 0 aliphatic heterocycles. The zero-order valence-corrected chi connectivity index (χ0v) is 7.95. The lowest BCUT2D eigenvalue weighted by molar-refractivity contribution is 0.0995. The SMILES string of the molecule is Cc1cnc(C(N)=O)cc1NCCO. The van der Waals surface area contributed by atoms with E-state index in [-0.39, 0.29) is 12.3 Å². The molecule has 0 aliphatic rings. The van der Waals surface area contributed by atoms with Crippen LogP contribution in [0.5, 0.6) is 0 Å². The fourth-order valence-corrected chi connectivity index (χ4v) is 1.04. The first-order valence-corrected chi connectivity index (χ1v) is 4.26. The Labute approximate surface area is 82.0 Å². The standard InChI is InChI=1S/C9H13N3O2/c1-6-5-12-8(9(10)14)4-7(6)11-2-3-13/h4-5,13H,2-3H2,1H3,(H2,10,14)(H,11,12). The number of hydrogen-bond acceptors (Lipinski definition) is 4. The van der Waals surface area contributed by atoms with Gasteiger partial charge in [0, 0.05) is 18.4 Å². The fourth-order valence-electron chi connectivity index (χ4n) is 1.04. The molecule has 0 fully saturated rings.